The Balaban J connectivity index is 2.13. The summed E-state index contributed by atoms with van der Waals surface area (Å²) in [6, 6.07) is 13.3. The van der Waals surface area contributed by atoms with Gasteiger partial charge in [0.1, 0.15) is 5.82 Å². The molecule has 2 aromatic carbocycles. The summed E-state index contributed by atoms with van der Waals surface area (Å²) in [6.45, 7) is 3.82. The van der Waals surface area contributed by atoms with Crippen molar-refractivity contribution in [3.8, 4) is 0 Å². The molecule has 0 amide bonds. The molecule has 94 valence electrons. The van der Waals surface area contributed by atoms with E-state index in [0.717, 1.165) is 12.0 Å². The summed E-state index contributed by atoms with van der Waals surface area (Å²) in [7, 11) is 0. The summed E-state index contributed by atoms with van der Waals surface area (Å²) in [5.74, 6) is -0.179. The van der Waals surface area contributed by atoms with Gasteiger partial charge in [-0.25, -0.2) is 4.39 Å². The van der Waals surface area contributed by atoms with Crippen LogP contribution < -0.4 is 5.73 Å². The first-order chi connectivity index (χ1) is 8.56. The summed E-state index contributed by atoms with van der Waals surface area (Å²) in [5, 5.41) is 0. The van der Waals surface area contributed by atoms with E-state index in [1.165, 1.54) is 17.2 Å². The lowest BCUT2D eigenvalue weighted by atomic mass is 9.98. The van der Waals surface area contributed by atoms with E-state index in [-0.39, 0.29) is 11.9 Å². The van der Waals surface area contributed by atoms with Gasteiger partial charge in [-0.2, -0.15) is 0 Å². The van der Waals surface area contributed by atoms with Crippen LogP contribution in [0.1, 0.15) is 28.3 Å². The van der Waals surface area contributed by atoms with Gasteiger partial charge in [-0.15, -0.1) is 0 Å². The van der Waals surface area contributed by atoms with Gasteiger partial charge >= 0.3 is 0 Å². The number of halogens is 1. The minimum atomic E-state index is -0.179. The van der Waals surface area contributed by atoms with Crippen LogP contribution in [0.5, 0.6) is 0 Å². The summed E-state index contributed by atoms with van der Waals surface area (Å²) < 4.78 is 13.2. The maximum atomic E-state index is 13.2. The van der Waals surface area contributed by atoms with Gasteiger partial charge in [-0.3, -0.25) is 0 Å². The molecule has 0 bridgehead atoms. The van der Waals surface area contributed by atoms with Crippen LogP contribution >= 0.6 is 0 Å². The zero-order valence-electron chi connectivity index (χ0n) is 10.8. The molecule has 2 N–H and O–H groups in total. The van der Waals surface area contributed by atoms with Gasteiger partial charge < -0.3 is 5.73 Å². The zero-order chi connectivity index (χ0) is 13.1. The van der Waals surface area contributed by atoms with Gasteiger partial charge in [0.25, 0.3) is 0 Å². The van der Waals surface area contributed by atoms with E-state index in [9.17, 15) is 4.39 Å². The number of hydrogen-bond acceptors (Lipinski definition) is 1. The number of nitrogens with two attached hydrogens (primary N) is 1. The SMILES string of the molecule is Cc1ccc(CC(N)c2ccc(F)c(C)c2)cc1. The second-order valence-electron chi connectivity index (χ2n) is 4.80. The van der Waals surface area contributed by atoms with Crippen molar-refractivity contribution in [2.75, 3.05) is 0 Å². The van der Waals surface area contributed by atoms with Gasteiger partial charge in [-0.05, 0) is 43.0 Å². The highest BCUT2D eigenvalue weighted by molar-refractivity contribution is 5.29. The lowest BCUT2D eigenvalue weighted by Gasteiger charge is -2.13. The lowest BCUT2D eigenvalue weighted by molar-refractivity contribution is 0.615. The van der Waals surface area contributed by atoms with Crippen molar-refractivity contribution >= 4 is 0 Å². The first-order valence-corrected chi connectivity index (χ1v) is 6.13. The van der Waals surface area contributed by atoms with E-state index in [1.54, 1.807) is 13.0 Å². The molecular formula is C16H18FN. The van der Waals surface area contributed by atoms with Gasteiger partial charge in [0.15, 0.2) is 0 Å². The Labute approximate surface area is 107 Å². The van der Waals surface area contributed by atoms with E-state index < -0.39 is 0 Å². The predicted octanol–water partition coefficient (Wildman–Crippen LogP) is 3.69. The molecule has 1 nitrogen and oxygen atoms in total. The second-order valence-corrected chi connectivity index (χ2v) is 4.80. The fraction of sp³-hybridized carbons (Fsp3) is 0.250. The Morgan fingerprint density at radius 1 is 1.06 bits per heavy atom. The third-order valence-electron chi connectivity index (χ3n) is 3.19. The van der Waals surface area contributed by atoms with Gasteiger partial charge in [-0.1, -0.05) is 42.0 Å². The third-order valence-corrected chi connectivity index (χ3v) is 3.19. The molecule has 2 aromatic rings. The minimum absolute atomic E-state index is 0.0907. The van der Waals surface area contributed by atoms with Crippen LogP contribution in [0.15, 0.2) is 42.5 Å². The molecule has 0 aromatic heterocycles. The Hall–Kier alpha value is -1.67. The molecule has 2 rings (SSSR count). The number of aryl methyl sites for hydroxylation is 2. The largest absolute Gasteiger partial charge is 0.324 e. The summed E-state index contributed by atoms with van der Waals surface area (Å²) >= 11 is 0. The van der Waals surface area contributed by atoms with Gasteiger partial charge in [0, 0.05) is 6.04 Å². The maximum Gasteiger partial charge on any atom is 0.126 e. The minimum Gasteiger partial charge on any atom is -0.324 e. The van der Waals surface area contributed by atoms with E-state index in [2.05, 4.69) is 31.2 Å². The molecule has 18 heavy (non-hydrogen) atoms. The Morgan fingerprint density at radius 3 is 2.33 bits per heavy atom. The molecule has 0 aliphatic heterocycles. The summed E-state index contributed by atoms with van der Waals surface area (Å²) in [5.41, 5.74) is 10.2. The molecule has 1 unspecified atom stereocenters. The molecular weight excluding hydrogens is 225 g/mol. The summed E-state index contributed by atoms with van der Waals surface area (Å²) in [4.78, 5) is 0. The topological polar surface area (TPSA) is 26.0 Å². The predicted molar refractivity (Wildman–Crippen MR) is 72.9 cm³/mol. The molecule has 0 aliphatic rings. The van der Waals surface area contributed by atoms with Gasteiger partial charge in [0.2, 0.25) is 0 Å². The number of benzene rings is 2. The highest BCUT2D eigenvalue weighted by Crippen LogP contribution is 2.19. The monoisotopic (exact) mass is 243 g/mol. The molecule has 0 fully saturated rings. The van der Waals surface area contributed by atoms with Crippen molar-refractivity contribution in [3.63, 3.8) is 0 Å². The Morgan fingerprint density at radius 2 is 1.72 bits per heavy atom. The van der Waals surface area contributed by atoms with Crippen molar-refractivity contribution in [2.45, 2.75) is 26.3 Å². The van der Waals surface area contributed by atoms with E-state index in [4.69, 9.17) is 5.73 Å². The first-order valence-electron chi connectivity index (χ1n) is 6.13. The molecule has 1 atom stereocenters. The van der Waals surface area contributed by atoms with Crippen molar-refractivity contribution in [1.82, 2.24) is 0 Å². The average molecular weight is 243 g/mol. The van der Waals surface area contributed by atoms with E-state index >= 15 is 0 Å². The fourth-order valence-corrected chi connectivity index (χ4v) is 1.99. The highest BCUT2D eigenvalue weighted by Gasteiger charge is 2.08. The van der Waals surface area contributed by atoms with Crippen LogP contribution in [0.3, 0.4) is 0 Å². The normalized spacial score (nSPS) is 12.4. The average Bonchev–Trinajstić information content (AvgIpc) is 2.35. The van der Waals surface area contributed by atoms with Crippen molar-refractivity contribution in [3.05, 3.63) is 70.5 Å². The van der Waals surface area contributed by atoms with Crippen molar-refractivity contribution in [1.29, 1.82) is 0 Å². The Bertz CT molecular complexity index is 531. The second kappa shape index (κ2) is 5.32. The summed E-state index contributed by atoms with van der Waals surface area (Å²) in [6.07, 6.45) is 0.769. The van der Waals surface area contributed by atoms with E-state index in [1.807, 2.05) is 6.07 Å². The smallest absolute Gasteiger partial charge is 0.126 e. The molecule has 0 heterocycles. The maximum absolute atomic E-state index is 13.2. The zero-order valence-corrected chi connectivity index (χ0v) is 10.8. The molecule has 0 saturated carbocycles. The fourth-order valence-electron chi connectivity index (χ4n) is 1.99. The molecule has 0 radical (unpaired) electrons. The molecule has 0 spiro atoms. The van der Waals surface area contributed by atoms with Crippen LogP contribution in [0.2, 0.25) is 0 Å². The molecule has 2 heteroatoms. The third kappa shape index (κ3) is 2.96. The first kappa shape index (κ1) is 12.8. The van der Waals surface area contributed by atoms with E-state index in [0.29, 0.717) is 5.56 Å². The number of hydrogen-bond donors (Lipinski definition) is 1. The van der Waals surface area contributed by atoms with Crippen LogP contribution in [-0.2, 0) is 6.42 Å². The quantitative estimate of drug-likeness (QED) is 0.874. The van der Waals surface area contributed by atoms with Crippen LogP contribution in [-0.4, -0.2) is 0 Å². The van der Waals surface area contributed by atoms with Gasteiger partial charge in [0.05, 0.1) is 0 Å². The van der Waals surface area contributed by atoms with Crippen LogP contribution in [0.25, 0.3) is 0 Å². The Kier molecular flexibility index (Phi) is 3.78. The van der Waals surface area contributed by atoms with Crippen molar-refractivity contribution < 1.29 is 4.39 Å². The van der Waals surface area contributed by atoms with Crippen LogP contribution in [0.4, 0.5) is 4.39 Å². The molecule has 0 aliphatic carbocycles. The van der Waals surface area contributed by atoms with Crippen molar-refractivity contribution in [2.24, 2.45) is 5.73 Å². The standard InChI is InChI=1S/C16H18FN/c1-11-3-5-13(6-4-11)10-16(18)14-7-8-15(17)12(2)9-14/h3-9,16H,10,18H2,1-2H3. The van der Waals surface area contributed by atoms with Crippen LogP contribution in [0, 0.1) is 19.7 Å². The number of rotatable bonds is 3. The molecule has 0 saturated heterocycles. The lowest BCUT2D eigenvalue weighted by Crippen LogP contribution is -2.13. The highest BCUT2D eigenvalue weighted by atomic mass is 19.1.